The summed E-state index contributed by atoms with van der Waals surface area (Å²) in [6, 6.07) is 6.55. The van der Waals surface area contributed by atoms with E-state index in [1.807, 2.05) is 0 Å². The fourth-order valence-electron chi connectivity index (χ4n) is 1.39. The number of sulfonamides is 1. The Hall–Kier alpha value is -1.69. The third-order valence-electron chi connectivity index (χ3n) is 1.91. The summed E-state index contributed by atoms with van der Waals surface area (Å²) in [5, 5.41) is 10.0. The van der Waals surface area contributed by atoms with E-state index in [9.17, 15) is 13.5 Å². The highest BCUT2D eigenvalue weighted by atomic mass is 32.2. The van der Waals surface area contributed by atoms with Crippen molar-refractivity contribution in [3.63, 3.8) is 0 Å². The molecule has 0 aliphatic heterocycles. The van der Waals surface area contributed by atoms with E-state index in [0.29, 0.717) is 11.2 Å². The maximum absolute atomic E-state index is 11.0. The van der Waals surface area contributed by atoms with E-state index in [4.69, 9.17) is 0 Å². The highest BCUT2D eigenvalue weighted by molar-refractivity contribution is 7.92. The minimum absolute atomic E-state index is 0.0569. The van der Waals surface area contributed by atoms with Crippen LogP contribution in [0.25, 0.3) is 10.9 Å². The summed E-state index contributed by atoms with van der Waals surface area (Å²) in [6.07, 6.45) is 1.09. The van der Waals surface area contributed by atoms with Crippen LogP contribution in [0.15, 0.2) is 24.3 Å². The Morgan fingerprint density at radius 3 is 2.73 bits per heavy atom. The first-order valence-corrected chi connectivity index (χ1v) is 6.13. The van der Waals surface area contributed by atoms with Crippen molar-refractivity contribution < 1.29 is 13.5 Å². The quantitative estimate of drug-likeness (QED) is 0.720. The lowest BCUT2D eigenvalue weighted by atomic mass is 10.2. The smallest absolute Gasteiger partial charge is 0.229 e. The zero-order valence-electron chi connectivity index (χ0n) is 7.98. The Morgan fingerprint density at radius 1 is 1.33 bits per heavy atom. The molecule has 0 amide bonds. The van der Waals surface area contributed by atoms with Gasteiger partial charge in [-0.05, 0) is 12.1 Å². The number of rotatable bonds is 2. The van der Waals surface area contributed by atoms with Crippen LogP contribution < -0.4 is 4.72 Å². The van der Waals surface area contributed by atoms with Crippen molar-refractivity contribution in [1.82, 2.24) is 4.98 Å². The summed E-state index contributed by atoms with van der Waals surface area (Å²) in [6.45, 7) is 0. The van der Waals surface area contributed by atoms with Crippen molar-refractivity contribution in [3.05, 3.63) is 24.3 Å². The highest BCUT2D eigenvalue weighted by Gasteiger charge is 2.04. The van der Waals surface area contributed by atoms with Crippen LogP contribution in [0.3, 0.4) is 0 Å². The lowest BCUT2D eigenvalue weighted by molar-refractivity contribution is 0.458. The van der Waals surface area contributed by atoms with Gasteiger partial charge in [0, 0.05) is 11.5 Å². The van der Waals surface area contributed by atoms with Gasteiger partial charge in [0.1, 0.15) is 0 Å². The number of aromatic amines is 1. The number of H-pyrrole nitrogens is 1. The molecule has 1 aromatic carbocycles. The summed E-state index contributed by atoms with van der Waals surface area (Å²) in [5.41, 5.74) is 1.15. The molecule has 2 rings (SSSR count). The molecule has 5 nitrogen and oxygen atoms in total. The number of aromatic hydroxyl groups is 1. The molecular weight excluding hydrogens is 216 g/mol. The van der Waals surface area contributed by atoms with Crippen LogP contribution in [-0.4, -0.2) is 24.8 Å². The molecule has 0 radical (unpaired) electrons. The first-order valence-electron chi connectivity index (χ1n) is 4.23. The third kappa shape index (κ3) is 2.21. The normalized spacial score (nSPS) is 11.8. The highest BCUT2D eigenvalue weighted by Crippen LogP contribution is 2.22. The second kappa shape index (κ2) is 3.16. The molecule has 0 saturated carbocycles. The monoisotopic (exact) mass is 226 g/mol. The van der Waals surface area contributed by atoms with Gasteiger partial charge in [-0.3, -0.25) is 4.72 Å². The molecule has 0 aliphatic rings. The van der Waals surface area contributed by atoms with E-state index in [1.54, 1.807) is 24.3 Å². The van der Waals surface area contributed by atoms with Gasteiger partial charge in [0.15, 0.2) is 5.88 Å². The summed E-state index contributed by atoms with van der Waals surface area (Å²) >= 11 is 0. The van der Waals surface area contributed by atoms with Crippen molar-refractivity contribution in [2.24, 2.45) is 0 Å². The van der Waals surface area contributed by atoms with Crippen molar-refractivity contribution in [3.8, 4) is 5.88 Å². The van der Waals surface area contributed by atoms with Crippen LogP contribution in [0.2, 0.25) is 0 Å². The Kier molecular flexibility index (Phi) is 2.08. The summed E-state index contributed by atoms with van der Waals surface area (Å²) in [4.78, 5) is 2.71. The Bertz CT molecular complexity index is 601. The second-order valence-corrected chi connectivity index (χ2v) is 5.08. The number of benzene rings is 1. The van der Waals surface area contributed by atoms with Crippen LogP contribution in [0.4, 0.5) is 5.69 Å². The molecule has 3 N–H and O–H groups in total. The lowest BCUT2D eigenvalue weighted by Gasteiger charge is -2.02. The molecule has 0 atom stereocenters. The zero-order valence-corrected chi connectivity index (χ0v) is 8.80. The molecule has 0 saturated heterocycles. The van der Waals surface area contributed by atoms with E-state index in [-0.39, 0.29) is 5.88 Å². The molecule has 0 spiro atoms. The number of hydrogen-bond acceptors (Lipinski definition) is 3. The molecule has 0 aliphatic carbocycles. The van der Waals surface area contributed by atoms with E-state index in [0.717, 1.165) is 11.6 Å². The largest absolute Gasteiger partial charge is 0.495 e. The van der Waals surface area contributed by atoms with Crippen LogP contribution in [-0.2, 0) is 10.0 Å². The van der Waals surface area contributed by atoms with Crippen LogP contribution in [0.1, 0.15) is 0 Å². The Morgan fingerprint density at radius 2 is 2.07 bits per heavy atom. The first kappa shape index (κ1) is 9.85. The predicted molar refractivity (Wildman–Crippen MR) is 58.4 cm³/mol. The molecule has 2 aromatic rings. The summed E-state index contributed by atoms with van der Waals surface area (Å²) in [7, 11) is -3.27. The summed E-state index contributed by atoms with van der Waals surface area (Å²) in [5.74, 6) is 0.0569. The number of fused-ring (bicyclic) bond motifs is 1. The average molecular weight is 226 g/mol. The standard InChI is InChI=1S/C9H10N2O3S/c1-15(13,14)11-7-3-2-6-4-9(12)10-8(6)5-7/h2-5,10-12H,1H3. The Balaban J connectivity index is 2.47. The Labute approximate surface area is 86.8 Å². The van der Waals surface area contributed by atoms with Crippen molar-refractivity contribution in [1.29, 1.82) is 0 Å². The molecule has 80 valence electrons. The molecule has 1 aromatic heterocycles. The minimum atomic E-state index is -3.27. The summed E-state index contributed by atoms with van der Waals surface area (Å²) < 4.78 is 24.3. The van der Waals surface area contributed by atoms with Crippen molar-refractivity contribution in [2.45, 2.75) is 0 Å². The third-order valence-corrected chi connectivity index (χ3v) is 2.52. The predicted octanol–water partition coefficient (Wildman–Crippen LogP) is 1.24. The number of nitrogens with one attached hydrogen (secondary N) is 2. The van der Waals surface area contributed by atoms with Crippen molar-refractivity contribution in [2.75, 3.05) is 11.0 Å². The van der Waals surface area contributed by atoms with E-state index in [2.05, 4.69) is 9.71 Å². The average Bonchev–Trinajstić information content (AvgIpc) is 2.40. The van der Waals surface area contributed by atoms with Gasteiger partial charge in [-0.1, -0.05) is 6.07 Å². The van der Waals surface area contributed by atoms with E-state index in [1.165, 1.54) is 0 Å². The fourth-order valence-corrected chi connectivity index (χ4v) is 1.94. The van der Waals surface area contributed by atoms with Gasteiger partial charge in [-0.2, -0.15) is 0 Å². The molecular formula is C9H10N2O3S. The van der Waals surface area contributed by atoms with Crippen LogP contribution in [0.5, 0.6) is 5.88 Å². The van der Waals surface area contributed by atoms with Gasteiger partial charge in [0.25, 0.3) is 0 Å². The number of hydrogen-bond donors (Lipinski definition) is 3. The van der Waals surface area contributed by atoms with Crippen LogP contribution >= 0.6 is 0 Å². The molecule has 0 unspecified atom stereocenters. The zero-order chi connectivity index (χ0) is 11.1. The fraction of sp³-hybridized carbons (Fsp3) is 0.111. The number of anilines is 1. The molecule has 1 heterocycles. The topological polar surface area (TPSA) is 82.2 Å². The molecule has 15 heavy (non-hydrogen) atoms. The molecule has 0 fully saturated rings. The van der Waals surface area contributed by atoms with Crippen molar-refractivity contribution >= 4 is 26.6 Å². The van der Waals surface area contributed by atoms with Crippen LogP contribution in [0, 0.1) is 0 Å². The molecule has 0 bridgehead atoms. The second-order valence-electron chi connectivity index (χ2n) is 3.33. The van der Waals surface area contributed by atoms with Gasteiger partial charge in [-0.15, -0.1) is 0 Å². The minimum Gasteiger partial charge on any atom is -0.495 e. The van der Waals surface area contributed by atoms with Gasteiger partial charge >= 0.3 is 0 Å². The first-order chi connectivity index (χ1) is 6.94. The maximum Gasteiger partial charge on any atom is 0.229 e. The van der Waals surface area contributed by atoms with E-state index >= 15 is 0 Å². The van der Waals surface area contributed by atoms with Gasteiger partial charge in [0.2, 0.25) is 10.0 Å². The maximum atomic E-state index is 11.0. The van der Waals surface area contributed by atoms with Gasteiger partial charge < -0.3 is 10.1 Å². The lowest BCUT2D eigenvalue weighted by Crippen LogP contribution is -2.09. The van der Waals surface area contributed by atoms with Gasteiger partial charge in [0.05, 0.1) is 17.5 Å². The molecule has 6 heteroatoms. The SMILES string of the molecule is CS(=O)(=O)Nc1ccc2cc(O)[nH]c2c1. The van der Waals surface area contributed by atoms with E-state index < -0.39 is 10.0 Å². The van der Waals surface area contributed by atoms with Gasteiger partial charge in [-0.25, -0.2) is 8.42 Å². The number of aromatic nitrogens is 1.